The predicted octanol–water partition coefficient (Wildman–Crippen LogP) is 5.70. The minimum atomic E-state index is -2.59. The predicted molar refractivity (Wildman–Crippen MR) is 116 cm³/mol. The maximum Gasteiger partial charge on any atom is 0.280 e. The van der Waals surface area contributed by atoms with Crippen LogP contribution in [0.3, 0.4) is 0 Å². The Labute approximate surface area is 180 Å². The van der Waals surface area contributed by atoms with Gasteiger partial charge >= 0.3 is 0 Å². The van der Waals surface area contributed by atoms with Gasteiger partial charge in [-0.25, -0.2) is 8.78 Å². The summed E-state index contributed by atoms with van der Waals surface area (Å²) in [7, 11) is 1.90. The number of rotatable bonds is 4. The van der Waals surface area contributed by atoms with E-state index in [1.165, 1.54) is 12.3 Å². The zero-order valence-corrected chi connectivity index (χ0v) is 17.0. The number of hydrogen-bond acceptors (Lipinski definition) is 5. The van der Waals surface area contributed by atoms with Crippen LogP contribution in [0.15, 0.2) is 67.1 Å². The molecule has 0 unspecified atom stereocenters. The zero-order chi connectivity index (χ0) is 21.5. The first kappa shape index (κ1) is 19.3. The van der Waals surface area contributed by atoms with E-state index in [4.69, 9.17) is 11.6 Å². The highest BCUT2D eigenvalue weighted by Crippen LogP contribution is 2.33. The molecule has 31 heavy (non-hydrogen) atoms. The van der Waals surface area contributed by atoms with Crippen molar-refractivity contribution >= 4 is 39.8 Å². The Hall–Kier alpha value is -3.65. The molecule has 0 saturated heterocycles. The summed E-state index contributed by atoms with van der Waals surface area (Å²) in [4.78, 5) is 10.5. The normalized spacial score (nSPS) is 11.5. The highest BCUT2D eigenvalue weighted by molar-refractivity contribution is 6.31. The van der Waals surface area contributed by atoms with Gasteiger partial charge in [0.15, 0.2) is 0 Å². The molecule has 9 heteroatoms. The van der Waals surface area contributed by atoms with E-state index >= 15 is 0 Å². The second-order valence-corrected chi connectivity index (χ2v) is 7.42. The molecule has 5 rings (SSSR count). The molecule has 0 atom stereocenters. The van der Waals surface area contributed by atoms with Gasteiger partial charge in [0.2, 0.25) is 0 Å². The van der Waals surface area contributed by atoms with Crippen LogP contribution in [0.5, 0.6) is 0 Å². The van der Waals surface area contributed by atoms with Crippen LogP contribution in [0.2, 0.25) is 5.02 Å². The SMILES string of the molecule is CN(c1cccc(-c2ccc(C(F)F)nc2)c1)c1nc2nncn2c2cc(Cl)ccc12. The van der Waals surface area contributed by atoms with Crippen molar-refractivity contribution in [2.45, 2.75) is 6.43 Å². The number of nitrogens with zero attached hydrogens (tertiary/aromatic N) is 6. The number of anilines is 2. The Balaban J connectivity index is 1.60. The zero-order valence-electron chi connectivity index (χ0n) is 16.2. The first-order valence-electron chi connectivity index (χ1n) is 9.38. The third kappa shape index (κ3) is 3.44. The molecule has 3 aromatic heterocycles. The number of alkyl halides is 2. The Bertz CT molecular complexity index is 1400. The Morgan fingerprint density at radius 3 is 2.68 bits per heavy atom. The third-order valence-electron chi connectivity index (χ3n) is 5.09. The topological polar surface area (TPSA) is 59.2 Å². The summed E-state index contributed by atoms with van der Waals surface area (Å²) >= 11 is 6.21. The molecule has 0 aliphatic heterocycles. The summed E-state index contributed by atoms with van der Waals surface area (Å²) in [5, 5.41) is 9.52. The van der Waals surface area contributed by atoms with Crippen LogP contribution in [0.25, 0.3) is 27.8 Å². The summed E-state index contributed by atoms with van der Waals surface area (Å²) in [6.07, 6.45) is 0.464. The largest absolute Gasteiger partial charge is 0.329 e. The monoisotopic (exact) mass is 436 g/mol. The first-order chi connectivity index (χ1) is 15.0. The minimum absolute atomic E-state index is 0.243. The van der Waals surface area contributed by atoms with E-state index in [2.05, 4.69) is 20.2 Å². The van der Waals surface area contributed by atoms with E-state index in [0.717, 1.165) is 27.7 Å². The molecule has 0 bridgehead atoms. The summed E-state index contributed by atoms with van der Waals surface area (Å²) in [6.45, 7) is 0. The molecule has 0 amide bonds. The smallest absolute Gasteiger partial charge is 0.280 e. The lowest BCUT2D eigenvalue weighted by Gasteiger charge is -2.21. The molecule has 0 spiro atoms. The fourth-order valence-corrected chi connectivity index (χ4v) is 3.67. The number of aromatic nitrogens is 5. The average Bonchev–Trinajstić information content (AvgIpc) is 3.27. The van der Waals surface area contributed by atoms with Crippen molar-refractivity contribution in [2.24, 2.45) is 0 Å². The summed E-state index contributed by atoms with van der Waals surface area (Å²) < 4.78 is 27.4. The molecule has 5 aromatic rings. The highest BCUT2D eigenvalue weighted by Gasteiger charge is 2.16. The lowest BCUT2D eigenvalue weighted by atomic mass is 10.1. The van der Waals surface area contributed by atoms with Crippen LogP contribution < -0.4 is 4.90 Å². The molecule has 6 nitrogen and oxygen atoms in total. The highest BCUT2D eigenvalue weighted by atomic mass is 35.5. The molecule has 0 N–H and O–H groups in total. The van der Waals surface area contributed by atoms with Gasteiger partial charge in [-0.15, -0.1) is 10.2 Å². The van der Waals surface area contributed by atoms with Gasteiger partial charge in [0.1, 0.15) is 17.8 Å². The third-order valence-corrected chi connectivity index (χ3v) is 5.33. The molecule has 0 radical (unpaired) electrons. The van der Waals surface area contributed by atoms with Crippen LogP contribution >= 0.6 is 11.6 Å². The van der Waals surface area contributed by atoms with Crippen LogP contribution in [-0.4, -0.2) is 31.6 Å². The Kier molecular flexibility index (Phi) is 4.71. The number of fused-ring (bicyclic) bond motifs is 3. The first-order valence-corrected chi connectivity index (χ1v) is 9.76. The molecule has 0 aliphatic carbocycles. The number of pyridine rings is 1. The van der Waals surface area contributed by atoms with Crippen LogP contribution in [0.4, 0.5) is 20.3 Å². The summed E-state index contributed by atoms with van der Waals surface area (Å²) in [6, 6.07) is 16.3. The number of hydrogen-bond donors (Lipinski definition) is 0. The van der Waals surface area contributed by atoms with E-state index in [9.17, 15) is 8.78 Å². The van der Waals surface area contributed by atoms with Crippen LogP contribution in [0, 0.1) is 0 Å². The molecule has 3 heterocycles. The Morgan fingerprint density at radius 2 is 1.90 bits per heavy atom. The van der Waals surface area contributed by atoms with Crippen molar-refractivity contribution in [1.29, 1.82) is 0 Å². The number of halogens is 3. The van der Waals surface area contributed by atoms with Crippen LogP contribution in [-0.2, 0) is 0 Å². The molecule has 154 valence electrons. The van der Waals surface area contributed by atoms with Gasteiger partial charge in [-0.05, 0) is 42.0 Å². The lowest BCUT2D eigenvalue weighted by molar-refractivity contribution is 0.146. The fraction of sp³-hybridized carbons (Fsp3) is 0.0909. The standard InChI is InChI=1S/C22H15ClF2N6/c1-30(16-4-2-3-13(9-16)14-5-8-18(20(24)25)26-11-14)21-17-7-6-15(23)10-19(17)31-12-27-29-22(31)28-21/h2-12,20H,1H3. The lowest BCUT2D eigenvalue weighted by Crippen LogP contribution is -2.13. The summed E-state index contributed by atoms with van der Waals surface area (Å²) in [5.74, 6) is 1.15. The van der Waals surface area contributed by atoms with E-state index in [-0.39, 0.29) is 5.69 Å². The van der Waals surface area contributed by atoms with E-state index < -0.39 is 6.43 Å². The molecular formula is C22H15ClF2N6. The van der Waals surface area contributed by atoms with E-state index in [1.54, 1.807) is 16.8 Å². The maximum absolute atomic E-state index is 12.8. The van der Waals surface area contributed by atoms with Gasteiger partial charge < -0.3 is 4.90 Å². The minimum Gasteiger partial charge on any atom is -0.329 e. The molecule has 0 aliphatic rings. The van der Waals surface area contributed by atoms with Gasteiger partial charge in [0, 0.05) is 34.9 Å². The Morgan fingerprint density at radius 1 is 1.03 bits per heavy atom. The van der Waals surface area contributed by atoms with Crippen molar-refractivity contribution in [3.05, 3.63) is 77.8 Å². The molecule has 0 fully saturated rings. The second-order valence-electron chi connectivity index (χ2n) is 6.98. The van der Waals surface area contributed by atoms with Gasteiger partial charge in [0.05, 0.1) is 5.52 Å². The van der Waals surface area contributed by atoms with Crippen molar-refractivity contribution in [2.75, 3.05) is 11.9 Å². The van der Waals surface area contributed by atoms with Crippen molar-refractivity contribution in [1.82, 2.24) is 24.6 Å². The van der Waals surface area contributed by atoms with Crippen molar-refractivity contribution < 1.29 is 8.78 Å². The second kappa shape index (κ2) is 7.55. The van der Waals surface area contributed by atoms with Crippen molar-refractivity contribution in [3.63, 3.8) is 0 Å². The number of benzene rings is 2. The molecular weight excluding hydrogens is 422 g/mol. The fourth-order valence-electron chi connectivity index (χ4n) is 3.50. The van der Waals surface area contributed by atoms with Crippen molar-refractivity contribution in [3.8, 4) is 11.1 Å². The maximum atomic E-state index is 12.8. The quantitative estimate of drug-likeness (QED) is 0.362. The van der Waals surface area contributed by atoms with Gasteiger partial charge in [-0.2, -0.15) is 4.98 Å². The van der Waals surface area contributed by atoms with E-state index in [1.807, 2.05) is 54.4 Å². The van der Waals surface area contributed by atoms with E-state index in [0.29, 0.717) is 16.6 Å². The van der Waals surface area contributed by atoms with Gasteiger partial charge in [0.25, 0.3) is 12.2 Å². The molecule has 2 aromatic carbocycles. The molecule has 0 saturated carbocycles. The van der Waals surface area contributed by atoms with Gasteiger partial charge in [-0.1, -0.05) is 29.8 Å². The summed E-state index contributed by atoms with van der Waals surface area (Å²) in [5.41, 5.74) is 3.06. The van der Waals surface area contributed by atoms with Crippen LogP contribution in [0.1, 0.15) is 12.1 Å². The average molecular weight is 437 g/mol. The van der Waals surface area contributed by atoms with Gasteiger partial charge in [-0.3, -0.25) is 9.38 Å².